The molecule has 3 atom stereocenters. The molecule has 0 aliphatic carbocycles. The lowest BCUT2D eigenvalue weighted by Crippen LogP contribution is -2.59. The van der Waals surface area contributed by atoms with E-state index in [-0.39, 0.29) is 11.3 Å². The molecule has 16 heavy (non-hydrogen) atoms. The summed E-state index contributed by atoms with van der Waals surface area (Å²) in [5.41, 5.74) is 0. The van der Waals surface area contributed by atoms with E-state index in [1.54, 1.807) is 0 Å². The van der Waals surface area contributed by atoms with Gasteiger partial charge in [0.25, 0.3) is 0 Å². The highest BCUT2D eigenvalue weighted by atomic mass is 32.2. The highest BCUT2D eigenvalue weighted by molar-refractivity contribution is 8.02. The molecule has 2 rings (SSSR count). The average Bonchev–Trinajstić information content (AvgIpc) is 2.47. The van der Waals surface area contributed by atoms with Crippen molar-refractivity contribution >= 4 is 29.6 Å². The number of β-lactam (4-membered cyclic amide) rings is 1. The second-order valence-electron chi connectivity index (χ2n) is 3.92. The van der Waals surface area contributed by atoms with Crippen molar-refractivity contribution in [1.82, 2.24) is 4.90 Å². The van der Waals surface area contributed by atoms with E-state index >= 15 is 0 Å². The molecule has 2 saturated heterocycles. The Kier molecular flexibility index (Phi) is 2.37. The molecule has 0 bridgehead atoms. The van der Waals surface area contributed by atoms with Gasteiger partial charge < -0.3 is 14.7 Å². The van der Waals surface area contributed by atoms with Gasteiger partial charge in [-0.1, -0.05) is 0 Å². The van der Waals surface area contributed by atoms with Gasteiger partial charge in [0.2, 0.25) is 5.91 Å². The molecular weight excluding hydrogens is 234 g/mol. The van der Waals surface area contributed by atoms with Crippen molar-refractivity contribution in [3.05, 3.63) is 0 Å². The highest BCUT2D eigenvalue weighted by Gasteiger charge is 2.64. The number of ether oxygens (including phenoxy) is 1. The van der Waals surface area contributed by atoms with Gasteiger partial charge in [0, 0.05) is 0 Å². The summed E-state index contributed by atoms with van der Waals surface area (Å²) >= 11 is 1.19. The van der Waals surface area contributed by atoms with Gasteiger partial charge in [-0.25, -0.2) is 4.79 Å². The second-order valence-corrected chi connectivity index (χ2v) is 5.54. The molecule has 88 valence electrons. The minimum Gasteiger partial charge on any atom is -0.480 e. The van der Waals surface area contributed by atoms with Crippen molar-refractivity contribution < 1.29 is 24.2 Å². The maximum absolute atomic E-state index is 11.6. The van der Waals surface area contributed by atoms with Crippen LogP contribution >= 0.6 is 11.8 Å². The maximum Gasteiger partial charge on any atom is 0.328 e. The first-order valence-corrected chi connectivity index (χ1v) is 5.60. The van der Waals surface area contributed by atoms with Gasteiger partial charge in [0.1, 0.15) is 4.75 Å². The van der Waals surface area contributed by atoms with Crippen LogP contribution in [0.2, 0.25) is 0 Å². The predicted octanol–water partition coefficient (Wildman–Crippen LogP) is -0.324. The smallest absolute Gasteiger partial charge is 0.328 e. The van der Waals surface area contributed by atoms with Crippen LogP contribution in [0.4, 0.5) is 0 Å². The van der Waals surface area contributed by atoms with Crippen LogP contribution in [0.1, 0.15) is 13.3 Å². The van der Waals surface area contributed by atoms with E-state index in [1.165, 1.54) is 30.7 Å². The first-order valence-electron chi connectivity index (χ1n) is 4.72. The summed E-state index contributed by atoms with van der Waals surface area (Å²) in [6.07, 6.45) is 0.293. The molecule has 2 heterocycles. The molecule has 2 fully saturated rings. The number of amides is 1. The van der Waals surface area contributed by atoms with Crippen LogP contribution in [0.5, 0.6) is 0 Å². The van der Waals surface area contributed by atoms with Crippen LogP contribution in [-0.2, 0) is 19.1 Å². The van der Waals surface area contributed by atoms with E-state index in [0.29, 0.717) is 6.42 Å². The Balaban J connectivity index is 2.36. The molecule has 1 N–H and O–H groups in total. The van der Waals surface area contributed by atoms with E-state index in [2.05, 4.69) is 4.74 Å². The van der Waals surface area contributed by atoms with Crippen molar-refractivity contribution in [2.45, 2.75) is 29.5 Å². The van der Waals surface area contributed by atoms with Crippen molar-refractivity contribution in [3.63, 3.8) is 0 Å². The first-order chi connectivity index (χ1) is 7.41. The van der Waals surface area contributed by atoms with Crippen molar-refractivity contribution in [3.8, 4) is 0 Å². The number of carbonyl (C=O) groups excluding carboxylic acids is 2. The largest absolute Gasteiger partial charge is 0.480 e. The molecule has 0 unspecified atom stereocenters. The van der Waals surface area contributed by atoms with Gasteiger partial charge in [-0.2, -0.15) is 0 Å². The number of esters is 1. The Hall–Kier alpha value is -1.24. The van der Waals surface area contributed by atoms with E-state index in [9.17, 15) is 14.4 Å². The Labute approximate surface area is 95.9 Å². The fourth-order valence-corrected chi connectivity index (χ4v) is 3.81. The lowest BCUT2D eigenvalue weighted by atomic mass is 9.96. The number of carbonyl (C=O) groups is 3. The lowest BCUT2D eigenvalue weighted by Gasteiger charge is -2.36. The Morgan fingerprint density at radius 3 is 2.69 bits per heavy atom. The average molecular weight is 245 g/mol. The van der Waals surface area contributed by atoms with Crippen LogP contribution < -0.4 is 0 Å². The Bertz CT molecular complexity index is 384. The molecule has 0 aromatic rings. The predicted molar refractivity (Wildman–Crippen MR) is 54.7 cm³/mol. The second kappa shape index (κ2) is 3.38. The normalized spacial score (nSPS) is 36.6. The van der Waals surface area contributed by atoms with E-state index < -0.39 is 22.7 Å². The lowest BCUT2D eigenvalue weighted by molar-refractivity contribution is -0.161. The summed E-state index contributed by atoms with van der Waals surface area (Å²) < 4.78 is 3.41. The van der Waals surface area contributed by atoms with Gasteiger partial charge in [-0.3, -0.25) is 9.59 Å². The van der Waals surface area contributed by atoms with Crippen molar-refractivity contribution in [1.29, 1.82) is 0 Å². The molecule has 1 amide bonds. The van der Waals surface area contributed by atoms with Crippen LogP contribution in [-0.4, -0.2) is 51.1 Å². The standard InChI is InChI=1S/C9H11NO5S/c1-9(8(14)15-2)6(7(12)13)10-4(11)3-5(10)16-9/h5-6H,3H2,1-2H3,(H,12,13)/t5-,6+,9-/m1/s1. The van der Waals surface area contributed by atoms with Crippen LogP contribution in [0, 0.1) is 0 Å². The number of rotatable bonds is 2. The van der Waals surface area contributed by atoms with Crippen molar-refractivity contribution in [2.24, 2.45) is 0 Å². The fraction of sp³-hybridized carbons (Fsp3) is 0.667. The number of hydrogen-bond donors (Lipinski definition) is 1. The van der Waals surface area contributed by atoms with E-state index in [4.69, 9.17) is 5.11 Å². The first kappa shape index (κ1) is 11.3. The molecule has 0 aromatic heterocycles. The maximum atomic E-state index is 11.6. The number of nitrogens with zero attached hydrogens (tertiary/aromatic N) is 1. The molecule has 0 aromatic carbocycles. The molecule has 0 radical (unpaired) electrons. The van der Waals surface area contributed by atoms with Crippen LogP contribution in [0.25, 0.3) is 0 Å². The number of carboxylic acids is 1. The summed E-state index contributed by atoms with van der Waals surface area (Å²) in [6, 6.07) is -1.13. The van der Waals surface area contributed by atoms with Crippen LogP contribution in [0.15, 0.2) is 0 Å². The summed E-state index contributed by atoms with van der Waals surface area (Å²) in [7, 11) is 1.21. The zero-order valence-electron chi connectivity index (χ0n) is 8.80. The third-order valence-corrected chi connectivity index (χ3v) is 4.50. The molecule has 2 aliphatic rings. The van der Waals surface area contributed by atoms with Crippen molar-refractivity contribution in [2.75, 3.05) is 7.11 Å². The number of thioether (sulfide) groups is 1. The fourth-order valence-electron chi connectivity index (χ4n) is 2.14. The number of carboxylic acid groups (broad SMARTS) is 1. The Morgan fingerprint density at radius 1 is 1.62 bits per heavy atom. The monoisotopic (exact) mass is 245 g/mol. The number of aliphatic carboxylic acids is 1. The summed E-state index contributed by atoms with van der Waals surface area (Å²) in [5, 5.41) is 8.91. The summed E-state index contributed by atoms with van der Waals surface area (Å²) in [4.78, 5) is 35.4. The highest BCUT2D eigenvalue weighted by Crippen LogP contribution is 2.51. The molecule has 0 spiro atoms. The molecule has 0 saturated carbocycles. The zero-order chi connectivity index (χ0) is 12.1. The minimum atomic E-state index is -1.21. The summed E-state index contributed by atoms with van der Waals surface area (Å²) in [6.45, 7) is 1.51. The zero-order valence-corrected chi connectivity index (χ0v) is 9.61. The van der Waals surface area contributed by atoms with Gasteiger partial charge in [0.15, 0.2) is 6.04 Å². The molecule has 2 aliphatic heterocycles. The van der Waals surface area contributed by atoms with Gasteiger partial charge in [-0.15, -0.1) is 11.8 Å². The third-order valence-electron chi connectivity index (χ3n) is 2.95. The van der Waals surface area contributed by atoms with Crippen LogP contribution in [0.3, 0.4) is 0 Å². The summed E-state index contributed by atoms with van der Waals surface area (Å²) in [5.74, 6) is -2.00. The molecular formula is C9H11NO5S. The van der Waals surface area contributed by atoms with E-state index in [0.717, 1.165) is 0 Å². The van der Waals surface area contributed by atoms with Gasteiger partial charge >= 0.3 is 11.9 Å². The Morgan fingerprint density at radius 2 is 2.25 bits per heavy atom. The number of fused-ring (bicyclic) bond motifs is 1. The topological polar surface area (TPSA) is 83.9 Å². The van der Waals surface area contributed by atoms with Gasteiger partial charge in [-0.05, 0) is 6.92 Å². The third kappa shape index (κ3) is 1.24. The van der Waals surface area contributed by atoms with Gasteiger partial charge in [0.05, 0.1) is 18.9 Å². The molecule has 7 heteroatoms. The number of methoxy groups -OCH3 is 1. The van der Waals surface area contributed by atoms with E-state index in [1.807, 2.05) is 0 Å². The minimum absolute atomic E-state index is 0.210. The quantitative estimate of drug-likeness (QED) is 0.530. The SMILES string of the molecule is COC(=O)[C@]1(C)S[C@@H]2CC(=O)N2[C@H]1C(=O)O. The number of hydrogen-bond acceptors (Lipinski definition) is 5. The molecule has 6 nitrogen and oxygen atoms in total.